The summed E-state index contributed by atoms with van der Waals surface area (Å²) < 4.78 is 6.73. The summed E-state index contributed by atoms with van der Waals surface area (Å²) in [6, 6.07) is 14.3. The lowest BCUT2D eigenvalue weighted by Gasteiger charge is -2.11. The van der Waals surface area contributed by atoms with Crippen LogP contribution < -0.4 is 10.6 Å². The third-order valence-electron chi connectivity index (χ3n) is 3.71. The van der Waals surface area contributed by atoms with E-state index < -0.39 is 5.91 Å². The molecule has 1 aromatic heterocycles. The summed E-state index contributed by atoms with van der Waals surface area (Å²) in [6.07, 6.45) is 0. The first kappa shape index (κ1) is 20.1. The van der Waals surface area contributed by atoms with E-state index in [1.807, 2.05) is 25.1 Å². The molecule has 138 valence electrons. The molecule has 0 aliphatic heterocycles. The molecule has 3 rings (SSSR count). The number of thiocarbonyl (C=S) groups is 1. The fraction of sp³-hybridized carbons (Fsp3) is 0.0526. The van der Waals surface area contributed by atoms with Gasteiger partial charge in [-0.05, 0) is 89.8 Å². The Morgan fingerprint density at radius 2 is 1.93 bits per heavy atom. The SMILES string of the molecule is Cc1cc(I)ccc1NC(=S)NC(=O)c1ccc(-c2cccc(Cl)c2Cl)o1. The van der Waals surface area contributed by atoms with Crippen LogP contribution in [-0.2, 0) is 0 Å². The van der Waals surface area contributed by atoms with Gasteiger partial charge in [0.05, 0.1) is 10.0 Å². The van der Waals surface area contributed by atoms with Crippen LogP contribution in [0.25, 0.3) is 11.3 Å². The number of carbonyl (C=O) groups excluding carboxylic acids is 1. The van der Waals surface area contributed by atoms with E-state index >= 15 is 0 Å². The Morgan fingerprint density at radius 3 is 2.67 bits per heavy atom. The molecule has 1 heterocycles. The minimum Gasteiger partial charge on any atom is -0.451 e. The largest absolute Gasteiger partial charge is 0.451 e. The van der Waals surface area contributed by atoms with Crippen LogP contribution in [-0.4, -0.2) is 11.0 Å². The standard InChI is InChI=1S/C19H13Cl2IN2O2S/c1-10-9-11(22)5-6-14(10)23-19(27)24-18(25)16-8-7-15(26-16)12-3-2-4-13(20)17(12)21/h2-9H,1H3,(H2,23,24,25,27). The van der Waals surface area contributed by atoms with Crippen LogP contribution in [0.3, 0.4) is 0 Å². The van der Waals surface area contributed by atoms with Gasteiger partial charge in [0.1, 0.15) is 5.76 Å². The maximum Gasteiger partial charge on any atom is 0.293 e. The van der Waals surface area contributed by atoms with Gasteiger partial charge in [-0.25, -0.2) is 0 Å². The van der Waals surface area contributed by atoms with E-state index in [-0.39, 0.29) is 10.9 Å². The topological polar surface area (TPSA) is 54.3 Å². The molecule has 2 aromatic carbocycles. The molecule has 0 radical (unpaired) electrons. The third kappa shape index (κ3) is 4.82. The molecule has 3 aromatic rings. The molecule has 4 nitrogen and oxygen atoms in total. The fourth-order valence-corrected chi connectivity index (χ4v) is 3.63. The first-order chi connectivity index (χ1) is 12.8. The Labute approximate surface area is 185 Å². The first-order valence-electron chi connectivity index (χ1n) is 7.78. The van der Waals surface area contributed by atoms with E-state index in [2.05, 4.69) is 33.2 Å². The summed E-state index contributed by atoms with van der Waals surface area (Å²) in [6.45, 7) is 1.96. The quantitative estimate of drug-likeness (QED) is 0.308. The number of hydrogen-bond acceptors (Lipinski definition) is 3. The van der Waals surface area contributed by atoms with Crippen LogP contribution in [0.15, 0.2) is 52.9 Å². The van der Waals surface area contributed by atoms with E-state index in [4.69, 9.17) is 39.8 Å². The zero-order valence-electron chi connectivity index (χ0n) is 14.0. The number of hydrogen-bond donors (Lipinski definition) is 2. The normalized spacial score (nSPS) is 10.5. The van der Waals surface area contributed by atoms with Crippen molar-refractivity contribution in [3.8, 4) is 11.3 Å². The Hall–Kier alpha value is -1.61. The zero-order chi connectivity index (χ0) is 19.6. The molecule has 0 saturated carbocycles. The maximum absolute atomic E-state index is 12.4. The Balaban J connectivity index is 1.70. The van der Waals surface area contributed by atoms with Crippen molar-refractivity contribution in [2.24, 2.45) is 0 Å². The molecule has 0 saturated heterocycles. The number of benzene rings is 2. The summed E-state index contributed by atoms with van der Waals surface area (Å²) in [5, 5.41) is 6.58. The minimum absolute atomic E-state index is 0.115. The van der Waals surface area contributed by atoms with Gasteiger partial charge in [0.2, 0.25) is 0 Å². The highest BCUT2D eigenvalue weighted by Crippen LogP contribution is 2.34. The summed E-state index contributed by atoms with van der Waals surface area (Å²) in [4.78, 5) is 12.4. The molecule has 0 bridgehead atoms. The maximum atomic E-state index is 12.4. The van der Waals surface area contributed by atoms with Gasteiger partial charge in [-0.1, -0.05) is 29.3 Å². The first-order valence-corrected chi connectivity index (χ1v) is 10.0. The molecule has 0 spiro atoms. The van der Waals surface area contributed by atoms with Gasteiger partial charge in [-0.3, -0.25) is 10.1 Å². The number of furan rings is 1. The Kier molecular flexibility index (Phi) is 6.41. The molecular weight excluding hydrogens is 518 g/mol. The van der Waals surface area contributed by atoms with Crippen molar-refractivity contribution in [3.05, 3.63) is 73.5 Å². The highest BCUT2D eigenvalue weighted by atomic mass is 127. The van der Waals surface area contributed by atoms with E-state index in [0.29, 0.717) is 21.4 Å². The average Bonchev–Trinajstić information content (AvgIpc) is 3.10. The van der Waals surface area contributed by atoms with Crippen molar-refractivity contribution in [2.45, 2.75) is 6.92 Å². The number of nitrogens with one attached hydrogen (secondary N) is 2. The molecule has 0 aliphatic carbocycles. The van der Waals surface area contributed by atoms with E-state index in [0.717, 1.165) is 14.8 Å². The van der Waals surface area contributed by atoms with Gasteiger partial charge in [-0.2, -0.15) is 0 Å². The van der Waals surface area contributed by atoms with Crippen LogP contribution in [0.1, 0.15) is 16.1 Å². The lowest BCUT2D eigenvalue weighted by molar-refractivity contribution is 0.0951. The fourth-order valence-electron chi connectivity index (χ4n) is 2.38. The summed E-state index contributed by atoms with van der Waals surface area (Å²) >= 11 is 19.7. The number of rotatable bonds is 3. The predicted octanol–water partition coefficient (Wildman–Crippen LogP) is 6.29. The Morgan fingerprint density at radius 1 is 1.15 bits per heavy atom. The van der Waals surface area contributed by atoms with Gasteiger partial charge in [0.15, 0.2) is 10.9 Å². The van der Waals surface area contributed by atoms with Crippen molar-refractivity contribution >= 4 is 74.7 Å². The van der Waals surface area contributed by atoms with Crippen molar-refractivity contribution in [3.63, 3.8) is 0 Å². The van der Waals surface area contributed by atoms with Gasteiger partial charge >= 0.3 is 0 Å². The molecule has 0 fully saturated rings. The van der Waals surface area contributed by atoms with Crippen LogP contribution >= 0.6 is 58.0 Å². The van der Waals surface area contributed by atoms with E-state index in [1.165, 1.54) is 0 Å². The van der Waals surface area contributed by atoms with Crippen LogP contribution in [0.4, 0.5) is 5.69 Å². The number of halogens is 3. The van der Waals surface area contributed by atoms with Crippen molar-refractivity contribution in [1.82, 2.24) is 5.32 Å². The van der Waals surface area contributed by atoms with Crippen LogP contribution in [0.2, 0.25) is 10.0 Å². The lowest BCUT2D eigenvalue weighted by atomic mass is 10.2. The minimum atomic E-state index is -0.458. The lowest BCUT2D eigenvalue weighted by Crippen LogP contribution is -2.34. The van der Waals surface area contributed by atoms with Gasteiger partial charge in [0.25, 0.3) is 5.91 Å². The third-order valence-corrected chi connectivity index (χ3v) is 5.40. The van der Waals surface area contributed by atoms with Crippen molar-refractivity contribution < 1.29 is 9.21 Å². The molecular formula is C19H13Cl2IN2O2S. The molecule has 0 unspecified atom stereocenters. The average molecular weight is 531 g/mol. The van der Waals surface area contributed by atoms with Crippen LogP contribution in [0, 0.1) is 10.5 Å². The molecule has 2 N–H and O–H groups in total. The second-order valence-corrected chi connectivity index (χ2v) is 8.07. The second-order valence-electron chi connectivity index (χ2n) is 5.63. The van der Waals surface area contributed by atoms with Gasteiger partial charge in [0, 0.05) is 14.8 Å². The van der Waals surface area contributed by atoms with Crippen molar-refractivity contribution in [1.29, 1.82) is 0 Å². The molecule has 8 heteroatoms. The van der Waals surface area contributed by atoms with E-state index in [1.54, 1.807) is 30.3 Å². The summed E-state index contributed by atoms with van der Waals surface area (Å²) in [5.74, 6) is 0.101. The highest BCUT2D eigenvalue weighted by molar-refractivity contribution is 14.1. The van der Waals surface area contributed by atoms with Crippen LogP contribution in [0.5, 0.6) is 0 Å². The van der Waals surface area contributed by atoms with E-state index in [9.17, 15) is 4.79 Å². The summed E-state index contributed by atoms with van der Waals surface area (Å²) in [7, 11) is 0. The van der Waals surface area contributed by atoms with Gasteiger partial charge < -0.3 is 9.73 Å². The second kappa shape index (κ2) is 8.60. The predicted molar refractivity (Wildman–Crippen MR) is 122 cm³/mol. The monoisotopic (exact) mass is 530 g/mol. The smallest absolute Gasteiger partial charge is 0.293 e. The number of amides is 1. The van der Waals surface area contributed by atoms with Gasteiger partial charge in [-0.15, -0.1) is 0 Å². The molecule has 27 heavy (non-hydrogen) atoms. The van der Waals surface area contributed by atoms with Crippen molar-refractivity contribution in [2.75, 3.05) is 5.32 Å². The molecule has 1 amide bonds. The molecule has 0 aliphatic rings. The summed E-state index contributed by atoms with van der Waals surface area (Å²) in [5.41, 5.74) is 2.46. The number of anilines is 1. The number of carbonyl (C=O) groups is 1. The molecule has 0 atom stereocenters. The Bertz CT molecular complexity index is 1040. The number of aryl methyl sites for hydroxylation is 1. The highest BCUT2D eigenvalue weighted by Gasteiger charge is 2.16. The zero-order valence-corrected chi connectivity index (χ0v) is 18.5.